The first-order chi connectivity index (χ1) is 9.66. The second-order valence-electron chi connectivity index (χ2n) is 5.36. The van der Waals surface area contributed by atoms with E-state index in [1.807, 2.05) is 18.2 Å². The number of aryl methyl sites for hydroxylation is 1. The van der Waals surface area contributed by atoms with Crippen molar-refractivity contribution in [2.24, 2.45) is 5.92 Å². The first kappa shape index (κ1) is 13.6. The van der Waals surface area contributed by atoms with E-state index in [1.165, 1.54) is 5.56 Å². The fourth-order valence-corrected chi connectivity index (χ4v) is 3.20. The minimum absolute atomic E-state index is 0.0397. The van der Waals surface area contributed by atoms with Gasteiger partial charge >= 0.3 is 0 Å². The maximum Gasteiger partial charge on any atom is 0.144 e. The Kier molecular flexibility index (Phi) is 3.77. The van der Waals surface area contributed by atoms with E-state index in [-0.39, 0.29) is 16.8 Å². The molecular formula is C17H16ClFO. The second kappa shape index (κ2) is 5.55. The lowest BCUT2D eigenvalue weighted by Crippen LogP contribution is -2.22. The van der Waals surface area contributed by atoms with Crippen LogP contribution in [0.4, 0.5) is 4.39 Å². The summed E-state index contributed by atoms with van der Waals surface area (Å²) in [7, 11) is 0. The Morgan fingerprint density at radius 1 is 1.15 bits per heavy atom. The molecule has 2 unspecified atom stereocenters. The molecule has 0 radical (unpaired) electrons. The summed E-state index contributed by atoms with van der Waals surface area (Å²) in [6, 6.07) is 13.0. The molecule has 0 saturated heterocycles. The van der Waals surface area contributed by atoms with Crippen molar-refractivity contribution in [2.45, 2.75) is 25.4 Å². The zero-order valence-corrected chi connectivity index (χ0v) is 11.8. The van der Waals surface area contributed by atoms with E-state index in [4.69, 9.17) is 11.6 Å². The Hall–Kier alpha value is -1.38. The SMILES string of the molecule is OC1c2ccccc2CCC1Cc1cccc(Cl)c1F. The molecule has 3 heteroatoms. The quantitative estimate of drug-likeness (QED) is 0.873. The van der Waals surface area contributed by atoms with Crippen molar-refractivity contribution in [1.29, 1.82) is 0 Å². The van der Waals surface area contributed by atoms with Gasteiger partial charge < -0.3 is 5.11 Å². The van der Waals surface area contributed by atoms with Gasteiger partial charge in [-0.3, -0.25) is 0 Å². The van der Waals surface area contributed by atoms with Gasteiger partial charge in [0.1, 0.15) is 5.82 Å². The summed E-state index contributed by atoms with van der Waals surface area (Å²) < 4.78 is 14.0. The minimum Gasteiger partial charge on any atom is -0.388 e. The molecule has 0 aromatic heterocycles. The predicted molar refractivity (Wildman–Crippen MR) is 78.3 cm³/mol. The van der Waals surface area contributed by atoms with Crippen LogP contribution >= 0.6 is 11.6 Å². The number of aliphatic hydroxyl groups excluding tert-OH is 1. The topological polar surface area (TPSA) is 20.2 Å². The first-order valence-corrected chi connectivity index (χ1v) is 7.23. The van der Waals surface area contributed by atoms with Crippen molar-refractivity contribution < 1.29 is 9.50 Å². The summed E-state index contributed by atoms with van der Waals surface area (Å²) in [6.45, 7) is 0. The van der Waals surface area contributed by atoms with Gasteiger partial charge in [0.15, 0.2) is 0 Å². The Morgan fingerprint density at radius 2 is 1.95 bits per heavy atom. The van der Waals surface area contributed by atoms with Gasteiger partial charge in [0.2, 0.25) is 0 Å². The fourth-order valence-electron chi connectivity index (χ4n) is 3.01. The maximum atomic E-state index is 14.0. The molecule has 2 atom stereocenters. The molecule has 0 saturated carbocycles. The smallest absolute Gasteiger partial charge is 0.144 e. The number of hydrogen-bond acceptors (Lipinski definition) is 1. The van der Waals surface area contributed by atoms with Gasteiger partial charge in [-0.2, -0.15) is 0 Å². The molecule has 2 aromatic carbocycles. The molecule has 20 heavy (non-hydrogen) atoms. The normalized spacial score (nSPS) is 21.6. The predicted octanol–water partition coefficient (Wildman–Crippen LogP) is 4.32. The third kappa shape index (κ3) is 2.46. The van der Waals surface area contributed by atoms with Crippen molar-refractivity contribution in [3.8, 4) is 0 Å². The van der Waals surface area contributed by atoms with E-state index in [0.717, 1.165) is 18.4 Å². The van der Waals surface area contributed by atoms with Crippen LogP contribution in [0.15, 0.2) is 42.5 Å². The molecule has 0 heterocycles. The van der Waals surface area contributed by atoms with E-state index in [9.17, 15) is 9.50 Å². The summed E-state index contributed by atoms with van der Waals surface area (Å²) in [6.07, 6.45) is 1.78. The van der Waals surface area contributed by atoms with Gasteiger partial charge in [0, 0.05) is 0 Å². The highest BCUT2D eigenvalue weighted by Crippen LogP contribution is 2.36. The van der Waals surface area contributed by atoms with Gasteiger partial charge in [-0.15, -0.1) is 0 Å². The Bertz CT molecular complexity index is 626. The van der Waals surface area contributed by atoms with Crippen molar-refractivity contribution in [2.75, 3.05) is 0 Å². The van der Waals surface area contributed by atoms with Crippen molar-refractivity contribution >= 4 is 11.6 Å². The van der Waals surface area contributed by atoms with E-state index >= 15 is 0 Å². The van der Waals surface area contributed by atoms with Crippen LogP contribution in [-0.4, -0.2) is 5.11 Å². The Labute approximate surface area is 123 Å². The van der Waals surface area contributed by atoms with Crippen LogP contribution in [0.3, 0.4) is 0 Å². The number of hydrogen-bond donors (Lipinski definition) is 1. The van der Waals surface area contributed by atoms with Crippen LogP contribution < -0.4 is 0 Å². The van der Waals surface area contributed by atoms with E-state index in [2.05, 4.69) is 6.07 Å². The second-order valence-corrected chi connectivity index (χ2v) is 5.77. The van der Waals surface area contributed by atoms with Gasteiger partial charge in [0.25, 0.3) is 0 Å². The van der Waals surface area contributed by atoms with Crippen LogP contribution in [0.25, 0.3) is 0 Å². The summed E-state index contributed by atoms with van der Waals surface area (Å²) in [5.41, 5.74) is 2.76. The average Bonchev–Trinajstić information content (AvgIpc) is 2.47. The monoisotopic (exact) mass is 290 g/mol. The molecule has 0 aliphatic heterocycles. The zero-order valence-electron chi connectivity index (χ0n) is 11.0. The van der Waals surface area contributed by atoms with Crippen LogP contribution in [0, 0.1) is 11.7 Å². The zero-order chi connectivity index (χ0) is 14.1. The standard InChI is InChI=1S/C17H16ClFO/c18-15-7-3-5-12(16(15)19)10-13-9-8-11-4-1-2-6-14(11)17(13)20/h1-7,13,17,20H,8-10H2. The average molecular weight is 291 g/mol. The highest BCUT2D eigenvalue weighted by atomic mass is 35.5. The lowest BCUT2D eigenvalue weighted by molar-refractivity contribution is 0.0932. The summed E-state index contributed by atoms with van der Waals surface area (Å²) >= 11 is 5.81. The number of fused-ring (bicyclic) bond motifs is 1. The summed E-state index contributed by atoms with van der Waals surface area (Å²) in [4.78, 5) is 0. The molecule has 0 bridgehead atoms. The molecule has 0 amide bonds. The molecular weight excluding hydrogens is 275 g/mol. The molecule has 0 spiro atoms. The van der Waals surface area contributed by atoms with Crippen molar-refractivity contribution in [1.82, 2.24) is 0 Å². The van der Waals surface area contributed by atoms with Crippen LogP contribution in [0.1, 0.15) is 29.2 Å². The molecule has 104 valence electrons. The third-order valence-electron chi connectivity index (χ3n) is 4.12. The number of rotatable bonds is 2. The van der Waals surface area contributed by atoms with E-state index in [1.54, 1.807) is 18.2 Å². The fraction of sp³-hybridized carbons (Fsp3) is 0.294. The first-order valence-electron chi connectivity index (χ1n) is 6.85. The van der Waals surface area contributed by atoms with E-state index < -0.39 is 6.10 Å². The molecule has 2 aromatic rings. The lowest BCUT2D eigenvalue weighted by atomic mass is 9.78. The summed E-state index contributed by atoms with van der Waals surface area (Å²) in [5.74, 6) is -0.321. The molecule has 1 nitrogen and oxygen atoms in total. The molecule has 3 rings (SSSR count). The lowest BCUT2D eigenvalue weighted by Gasteiger charge is -2.30. The van der Waals surface area contributed by atoms with E-state index in [0.29, 0.717) is 12.0 Å². The Morgan fingerprint density at radius 3 is 2.80 bits per heavy atom. The number of halogens is 2. The van der Waals surface area contributed by atoms with Crippen molar-refractivity contribution in [3.05, 3.63) is 70.0 Å². The number of benzene rings is 2. The molecule has 1 aliphatic carbocycles. The highest BCUT2D eigenvalue weighted by Gasteiger charge is 2.28. The molecule has 1 aliphatic rings. The summed E-state index contributed by atoms with van der Waals surface area (Å²) in [5, 5.41) is 10.6. The maximum absolute atomic E-state index is 14.0. The molecule has 0 fully saturated rings. The van der Waals surface area contributed by atoms with Crippen molar-refractivity contribution in [3.63, 3.8) is 0 Å². The molecule has 1 N–H and O–H groups in total. The van der Waals surface area contributed by atoms with Crippen LogP contribution in [0.2, 0.25) is 5.02 Å². The van der Waals surface area contributed by atoms with Crippen LogP contribution in [-0.2, 0) is 12.8 Å². The van der Waals surface area contributed by atoms with Crippen LogP contribution in [0.5, 0.6) is 0 Å². The van der Waals surface area contributed by atoms with Gasteiger partial charge in [-0.05, 0) is 47.9 Å². The minimum atomic E-state index is -0.529. The third-order valence-corrected chi connectivity index (χ3v) is 4.41. The largest absolute Gasteiger partial charge is 0.388 e. The van der Waals surface area contributed by atoms with Gasteiger partial charge in [-0.1, -0.05) is 48.0 Å². The van der Waals surface area contributed by atoms with Gasteiger partial charge in [0.05, 0.1) is 11.1 Å². The van der Waals surface area contributed by atoms with Gasteiger partial charge in [-0.25, -0.2) is 4.39 Å². The highest BCUT2D eigenvalue weighted by molar-refractivity contribution is 6.30. The Balaban J connectivity index is 1.85. The number of aliphatic hydroxyl groups is 1.